The summed E-state index contributed by atoms with van der Waals surface area (Å²) in [6.07, 6.45) is 1.13. The fraction of sp³-hybridized carbons (Fsp3) is 0.222. The molecule has 156 valence electrons. The van der Waals surface area contributed by atoms with E-state index in [2.05, 4.69) is 20.0 Å². The van der Waals surface area contributed by atoms with Crippen molar-refractivity contribution in [2.45, 2.75) is 26.0 Å². The standard InChI is InChI=1S/C18H13ClF2N4O5/c19-10-5-9(6-12(7-10)28-18(20)21)15-16-24-25(8-11-3-4-22-23-11)17(15)30-14(27)2-1-13(26)29-16/h3-7,18H,1-2,8H2,(H,22,23). The Hall–Kier alpha value is -3.47. The molecule has 9 nitrogen and oxygen atoms in total. The highest BCUT2D eigenvalue weighted by molar-refractivity contribution is 6.31. The van der Waals surface area contributed by atoms with Crippen molar-refractivity contribution in [3.63, 3.8) is 0 Å². The molecule has 0 fully saturated rings. The minimum atomic E-state index is -3.07. The Morgan fingerprint density at radius 3 is 2.67 bits per heavy atom. The van der Waals surface area contributed by atoms with Gasteiger partial charge in [0, 0.05) is 11.2 Å². The molecule has 3 heterocycles. The number of aromatic amines is 1. The fourth-order valence-corrected chi connectivity index (χ4v) is 3.11. The quantitative estimate of drug-likeness (QED) is 0.609. The molecule has 0 saturated carbocycles. The predicted molar refractivity (Wildman–Crippen MR) is 97.5 cm³/mol. The zero-order valence-electron chi connectivity index (χ0n) is 15.1. The van der Waals surface area contributed by atoms with Crippen molar-refractivity contribution in [3.05, 3.63) is 41.2 Å². The number of carbonyl (C=O) groups is 2. The second kappa shape index (κ2) is 8.11. The third kappa shape index (κ3) is 4.25. The molecule has 2 bridgehead atoms. The van der Waals surface area contributed by atoms with Gasteiger partial charge >= 0.3 is 18.6 Å². The zero-order valence-corrected chi connectivity index (χ0v) is 15.9. The van der Waals surface area contributed by atoms with Crippen LogP contribution >= 0.6 is 11.6 Å². The molecule has 2 aromatic heterocycles. The van der Waals surface area contributed by atoms with E-state index < -0.39 is 18.6 Å². The Kier molecular flexibility index (Phi) is 5.36. The molecule has 0 aliphatic carbocycles. The summed E-state index contributed by atoms with van der Waals surface area (Å²) in [5, 5.41) is 10.9. The van der Waals surface area contributed by atoms with Gasteiger partial charge in [0.05, 0.1) is 25.1 Å². The Bertz CT molecular complexity index is 1100. The molecular weight excluding hydrogens is 426 g/mol. The Labute approximate surface area is 172 Å². The van der Waals surface area contributed by atoms with E-state index in [1.165, 1.54) is 29.1 Å². The second-order valence-corrected chi connectivity index (χ2v) is 6.66. The van der Waals surface area contributed by atoms with Crippen LogP contribution < -0.4 is 14.2 Å². The first-order valence-corrected chi connectivity index (χ1v) is 9.03. The summed E-state index contributed by atoms with van der Waals surface area (Å²) in [6, 6.07) is 5.55. The highest BCUT2D eigenvalue weighted by Gasteiger charge is 2.29. The molecule has 30 heavy (non-hydrogen) atoms. The molecule has 0 radical (unpaired) electrons. The average Bonchev–Trinajstić information content (AvgIpc) is 3.28. The summed E-state index contributed by atoms with van der Waals surface area (Å²) in [4.78, 5) is 24.3. The van der Waals surface area contributed by atoms with E-state index in [9.17, 15) is 18.4 Å². The Morgan fingerprint density at radius 1 is 1.20 bits per heavy atom. The monoisotopic (exact) mass is 438 g/mol. The maximum atomic E-state index is 12.7. The highest BCUT2D eigenvalue weighted by atomic mass is 35.5. The lowest BCUT2D eigenvalue weighted by atomic mass is 10.1. The minimum Gasteiger partial charge on any atom is -0.435 e. The fourth-order valence-electron chi connectivity index (χ4n) is 2.89. The summed E-state index contributed by atoms with van der Waals surface area (Å²) < 4.78 is 41.9. The molecule has 0 saturated heterocycles. The van der Waals surface area contributed by atoms with Crippen LogP contribution in [0, 0.1) is 0 Å². The molecule has 0 atom stereocenters. The maximum absolute atomic E-state index is 12.7. The number of fused-ring (bicyclic) bond motifs is 2. The molecule has 0 unspecified atom stereocenters. The zero-order chi connectivity index (χ0) is 21.3. The molecule has 1 aromatic carbocycles. The smallest absolute Gasteiger partial charge is 0.387 e. The van der Waals surface area contributed by atoms with Crippen molar-refractivity contribution >= 4 is 23.5 Å². The lowest BCUT2D eigenvalue weighted by Crippen LogP contribution is -2.17. The van der Waals surface area contributed by atoms with Crippen molar-refractivity contribution in [2.24, 2.45) is 0 Å². The van der Waals surface area contributed by atoms with E-state index in [4.69, 9.17) is 21.1 Å². The van der Waals surface area contributed by atoms with E-state index in [0.29, 0.717) is 5.69 Å². The van der Waals surface area contributed by atoms with Gasteiger partial charge in [-0.2, -0.15) is 13.9 Å². The number of benzene rings is 1. The molecule has 0 spiro atoms. The molecule has 0 amide bonds. The minimum absolute atomic E-state index is 0.0374. The van der Waals surface area contributed by atoms with Crippen LogP contribution in [0.25, 0.3) is 11.1 Å². The van der Waals surface area contributed by atoms with Gasteiger partial charge in [0.1, 0.15) is 11.3 Å². The summed E-state index contributed by atoms with van der Waals surface area (Å²) in [5.74, 6) is -1.80. The van der Waals surface area contributed by atoms with Gasteiger partial charge in [-0.15, -0.1) is 5.10 Å². The number of nitrogens with zero attached hydrogens (tertiary/aromatic N) is 3. The number of esters is 2. The first-order chi connectivity index (χ1) is 14.4. The molecule has 12 heteroatoms. The molecule has 1 N–H and O–H groups in total. The van der Waals surface area contributed by atoms with Crippen LogP contribution in [0.15, 0.2) is 30.5 Å². The van der Waals surface area contributed by atoms with Crippen LogP contribution in [0.1, 0.15) is 18.5 Å². The van der Waals surface area contributed by atoms with Gasteiger partial charge < -0.3 is 14.2 Å². The largest absolute Gasteiger partial charge is 0.435 e. The number of nitrogens with one attached hydrogen (secondary N) is 1. The molecule has 1 aliphatic heterocycles. The number of carbonyl (C=O) groups excluding carboxylic acids is 2. The highest BCUT2D eigenvalue weighted by Crippen LogP contribution is 2.42. The summed E-state index contributed by atoms with van der Waals surface area (Å²) in [5.41, 5.74) is 0.936. The van der Waals surface area contributed by atoms with Gasteiger partial charge in [-0.3, -0.25) is 14.7 Å². The van der Waals surface area contributed by atoms with E-state index in [-0.39, 0.29) is 53.0 Å². The molecule has 3 aromatic rings. The predicted octanol–water partition coefficient (Wildman–Crippen LogP) is 3.18. The second-order valence-electron chi connectivity index (χ2n) is 6.23. The summed E-state index contributed by atoms with van der Waals surface area (Å²) in [6.45, 7) is -2.97. The topological polar surface area (TPSA) is 108 Å². The molecular formula is C18H13ClF2N4O5. The van der Waals surface area contributed by atoms with Crippen molar-refractivity contribution in [1.82, 2.24) is 20.0 Å². The number of hydrogen-bond acceptors (Lipinski definition) is 7. The normalized spacial score (nSPS) is 14.0. The van der Waals surface area contributed by atoms with Crippen LogP contribution in [0.4, 0.5) is 8.78 Å². The maximum Gasteiger partial charge on any atom is 0.387 e. The summed E-state index contributed by atoms with van der Waals surface area (Å²) >= 11 is 6.05. The number of ether oxygens (including phenoxy) is 3. The lowest BCUT2D eigenvalue weighted by molar-refractivity contribution is -0.140. The Balaban J connectivity index is 1.88. The van der Waals surface area contributed by atoms with E-state index >= 15 is 0 Å². The number of hydrogen-bond donors (Lipinski definition) is 1. The van der Waals surface area contributed by atoms with E-state index in [1.54, 1.807) is 6.07 Å². The van der Waals surface area contributed by atoms with Gasteiger partial charge in [0.2, 0.25) is 5.88 Å². The molecule has 1 aliphatic rings. The van der Waals surface area contributed by atoms with Crippen LogP contribution in [0.2, 0.25) is 5.02 Å². The van der Waals surface area contributed by atoms with Gasteiger partial charge in [0.15, 0.2) is 0 Å². The van der Waals surface area contributed by atoms with E-state index in [1.807, 2.05) is 0 Å². The number of aromatic nitrogens is 4. The molecule has 4 rings (SSSR count). The van der Waals surface area contributed by atoms with Gasteiger partial charge in [-0.25, -0.2) is 4.68 Å². The number of halogens is 3. The summed E-state index contributed by atoms with van der Waals surface area (Å²) in [7, 11) is 0. The lowest BCUT2D eigenvalue weighted by Gasteiger charge is -2.10. The Morgan fingerprint density at radius 2 is 1.97 bits per heavy atom. The number of H-pyrrole nitrogens is 1. The third-order valence-electron chi connectivity index (χ3n) is 4.09. The van der Waals surface area contributed by atoms with Crippen LogP contribution in [0.5, 0.6) is 17.5 Å². The van der Waals surface area contributed by atoms with Crippen LogP contribution in [-0.2, 0) is 16.1 Å². The van der Waals surface area contributed by atoms with Crippen LogP contribution in [-0.4, -0.2) is 38.5 Å². The van der Waals surface area contributed by atoms with Crippen molar-refractivity contribution in [2.75, 3.05) is 0 Å². The van der Waals surface area contributed by atoms with Crippen molar-refractivity contribution in [1.29, 1.82) is 0 Å². The average molecular weight is 439 g/mol. The first-order valence-electron chi connectivity index (χ1n) is 8.65. The number of alkyl halides is 2. The van der Waals surface area contributed by atoms with Gasteiger partial charge in [-0.1, -0.05) is 11.6 Å². The van der Waals surface area contributed by atoms with Gasteiger partial charge in [-0.05, 0) is 29.8 Å². The van der Waals surface area contributed by atoms with E-state index in [0.717, 1.165) is 0 Å². The van der Waals surface area contributed by atoms with Crippen LogP contribution in [0.3, 0.4) is 0 Å². The van der Waals surface area contributed by atoms with Crippen molar-refractivity contribution < 1.29 is 32.6 Å². The third-order valence-corrected chi connectivity index (χ3v) is 4.31. The van der Waals surface area contributed by atoms with Crippen molar-refractivity contribution in [3.8, 4) is 28.6 Å². The van der Waals surface area contributed by atoms with Gasteiger partial charge in [0.25, 0.3) is 5.88 Å². The number of rotatable bonds is 5. The SMILES string of the molecule is O=C1CCC(=O)Oc2c(-c3cc(Cl)cc(OC(F)F)c3)c(nn2Cc2ccn[nH]2)O1. The first kappa shape index (κ1) is 19.8.